The van der Waals surface area contributed by atoms with E-state index in [1.807, 2.05) is 12.3 Å². The first-order chi connectivity index (χ1) is 9.22. The van der Waals surface area contributed by atoms with Crippen molar-refractivity contribution in [3.05, 3.63) is 36.0 Å². The van der Waals surface area contributed by atoms with Gasteiger partial charge in [-0.1, -0.05) is 11.6 Å². The Balaban J connectivity index is 1.86. The number of nitrogens with zero attached hydrogens (tertiary/aromatic N) is 1. The smallest absolute Gasteiger partial charge is 0.0722 e. The van der Waals surface area contributed by atoms with Gasteiger partial charge >= 0.3 is 0 Å². The van der Waals surface area contributed by atoms with E-state index < -0.39 is 0 Å². The van der Waals surface area contributed by atoms with Gasteiger partial charge in [-0.15, -0.1) is 0 Å². The Morgan fingerprint density at radius 2 is 1.95 bits per heavy atom. The van der Waals surface area contributed by atoms with Gasteiger partial charge in [0.2, 0.25) is 0 Å². The second kappa shape index (κ2) is 5.17. The molecule has 3 nitrogen and oxygen atoms in total. The summed E-state index contributed by atoms with van der Waals surface area (Å²) in [6.45, 7) is 2.10. The molecule has 0 spiro atoms. The second-order valence-electron chi connectivity index (χ2n) is 5.53. The molecule has 0 atom stereocenters. The summed E-state index contributed by atoms with van der Waals surface area (Å²) in [7, 11) is 0. The number of nitrogens with one attached hydrogen (secondary N) is 1. The van der Waals surface area contributed by atoms with Crippen LogP contribution in [0.25, 0.3) is 10.9 Å². The van der Waals surface area contributed by atoms with Crippen LogP contribution in [0.4, 0.5) is 5.69 Å². The minimum absolute atomic E-state index is 0.102. The molecule has 100 valence electrons. The van der Waals surface area contributed by atoms with Crippen LogP contribution in [0.2, 0.25) is 0 Å². The van der Waals surface area contributed by atoms with E-state index in [1.54, 1.807) is 0 Å². The van der Waals surface area contributed by atoms with Crippen LogP contribution in [-0.4, -0.2) is 22.2 Å². The van der Waals surface area contributed by atoms with Gasteiger partial charge in [-0.2, -0.15) is 0 Å². The molecule has 3 heteroatoms. The van der Waals surface area contributed by atoms with Crippen LogP contribution in [0.3, 0.4) is 0 Å². The number of benzene rings is 1. The summed E-state index contributed by atoms with van der Waals surface area (Å²) in [4.78, 5) is 4.41. The van der Waals surface area contributed by atoms with E-state index in [4.69, 9.17) is 0 Å². The first kappa shape index (κ1) is 12.4. The lowest BCUT2D eigenvalue weighted by molar-refractivity contribution is 0.126. The van der Waals surface area contributed by atoms with Crippen LogP contribution in [-0.2, 0) is 0 Å². The fourth-order valence-corrected chi connectivity index (χ4v) is 2.83. The molecule has 1 heterocycles. The minimum Gasteiger partial charge on any atom is -0.393 e. The predicted octanol–water partition coefficient (Wildman–Crippen LogP) is 3.26. The maximum Gasteiger partial charge on any atom is 0.0722 e. The topological polar surface area (TPSA) is 45.2 Å². The number of hydrogen-bond donors (Lipinski definition) is 2. The number of aryl methyl sites for hydroxylation is 1. The van der Waals surface area contributed by atoms with Crippen LogP contribution in [0.1, 0.15) is 31.2 Å². The van der Waals surface area contributed by atoms with Crippen molar-refractivity contribution >= 4 is 16.6 Å². The van der Waals surface area contributed by atoms with Crippen molar-refractivity contribution in [1.82, 2.24) is 4.98 Å². The van der Waals surface area contributed by atoms with Gasteiger partial charge in [-0.3, -0.25) is 4.98 Å². The van der Waals surface area contributed by atoms with E-state index in [9.17, 15) is 5.11 Å². The van der Waals surface area contributed by atoms with Crippen molar-refractivity contribution in [2.45, 2.75) is 44.8 Å². The third kappa shape index (κ3) is 2.71. The molecule has 1 saturated carbocycles. The van der Waals surface area contributed by atoms with Gasteiger partial charge in [-0.05, 0) is 50.8 Å². The largest absolute Gasteiger partial charge is 0.393 e. The van der Waals surface area contributed by atoms with Crippen molar-refractivity contribution in [3.8, 4) is 0 Å². The van der Waals surface area contributed by atoms with Crippen molar-refractivity contribution in [3.63, 3.8) is 0 Å². The zero-order valence-electron chi connectivity index (χ0n) is 11.3. The fourth-order valence-electron chi connectivity index (χ4n) is 2.83. The normalized spacial score (nSPS) is 23.5. The molecule has 0 unspecified atom stereocenters. The van der Waals surface area contributed by atoms with Crippen LogP contribution < -0.4 is 5.32 Å². The predicted molar refractivity (Wildman–Crippen MR) is 78.4 cm³/mol. The average molecular weight is 256 g/mol. The van der Waals surface area contributed by atoms with Crippen LogP contribution >= 0.6 is 0 Å². The molecule has 1 aromatic carbocycles. The van der Waals surface area contributed by atoms with E-state index in [2.05, 4.69) is 35.4 Å². The molecular weight excluding hydrogens is 236 g/mol. The molecule has 0 aliphatic heterocycles. The van der Waals surface area contributed by atoms with Crippen molar-refractivity contribution in [1.29, 1.82) is 0 Å². The molecule has 0 bridgehead atoms. The number of aromatic nitrogens is 1. The highest BCUT2D eigenvalue weighted by molar-refractivity contribution is 5.91. The summed E-state index contributed by atoms with van der Waals surface area (Å²) >= 11 is 0. The standard InChI is InChI=1S/C16H20N2O/c1-11-2-7-15-14(10-11)16(8-9-17-15)18-12-3-5-13(19)6-4-12/h2,7-10,12-13,19H,3-6H2,1H3,(H,17,18). The molecule has 19 heavy (non-hydrogen) atoms. The molecule has 2 N–H and O–H groups in total. The van der Waals surface area contributed by atoms with Gasteiger partial charge in [0.25, 0.3) is 0 Å². The summed E-state index contributed by atoms with van der Waals surface area (Å²) in [5, 5.41) is 14.4. The molecule has 2 aromatic rings. The number of aliphatic hydroxyl groups is 1. The number of pyridine rings is 1. The van der Waals surface area contributed by atoms with Crippen molar-refractivity contribution in [2.24, 2.45) is 0 Å². The number of fused-ring (bicyclic) bond motifs is 1. The second-order valence-corrected chi connectivity index (χ2v) is 5.53. The van der Waals surface area contributed by atoms with Gasteiger partial charge in [0, 0.05) is 23.3 Å². The average Bonchev–Trinajstić information content (AvgIpc) is 2.42. The summed E-state index contributed by atoms with van der Waals surface area (Å²) in [6, 6.07) is 8.86. The summed E-state index contributed by atoms with van der Waals surface area (Å²) in [6.07, 6.45) is 5.64. The molecular formula is C16H20N2O. The number of aliphatic hydroxyl groups excluding tert-OH is 1. The molecule has 1 aliphatic rings. The highest BCUT2D eigenvalue weighted by atomic mass is 16.3. The van der Waals surface area contributed by atoms with E-state index in [0.717, 1.165) is 36.9 Å². The quantitative estimate of drug-likeness (QED) is 0.867. The highest BCUT2D eigenvalue weighted by Gasteiger charge is 2.19. The van der Waals surface area contributed by atoms with Gasteiger partial charge in [-0.25, -0.2) is 0 Å². The molecule has 1 aliphatic carbocycles. The fraction of sp³-hybridized carbons (Fsp3) is 0.438. The third-order valence-corrected chi connectivity index (χ3v) is 3.95. The Labute approximate surface area is 113 Å². The molecule has 0 radical (unpaired) electrons. The number of rotatable bonds is 2. The van der Waals surface area contributed by atoms with E-state index in [0.29, 0.717) is 6.04 Å². The van der Waals surface area contributed by atoms with E-state index in [1.165, 1.54) is 10.9 Å². The molecule has 0 saturated heterocycles. The summed E-state index contributed by atoms with van der Waals surface area (Å²) < 4.78 is 0. The van der Waals surface area contributed by atoms with Gasteiger partial charge < -0.3 is 10.4 Å². The SMILES string of the molecule is Cc1ccc2nccc(NC3CCC(O)CC3)c2c1. The maximum absolute atomic E-state index is 9.56. The lowest BCUT2D eigenvalue weighted by Gasteiger charge is -2.27. The Hall–Kier alpha value is -1.61. The Morgan fingerprint density at radius 1 is 1.16 bits per heavy atom. The monoisotopic (exact) mass is 256 g/mol. The van der Waals surface area contributed by atoms with Gasteiger partial charge in [0.1, 0.15) is 0 Å². The van der Waals surface area contributed by atoms with Crippen molar-refractivity contribution in [2.75, 3.05) is 5.32 Å². The third-order valence-electron chi connectivity index (χ3n) is 3.95. The van der Waals surface area contributed by atoms with Crippen LogP contribution in [0.15, 0.2) is 30.5 Å². The minimum atomic E-state index is -0.102. The van der Waals surface area contributed by atoms with E-state index in [-0.39, 0.29) is 6.10 Å². The highest BCUT2D eigenvalue weighted by Crippen LogP contribution is 2.27. The molecule has 3 rings (SSSR count). The Bertz CT molecular complexity index is 574. The molecule has 1 fully saturated rings. The summed E-state index contributed by atoms with van der Waals surface area (Å²) in [5.74, 6) is 0. The number of hydrogen-bond acceptors (Lipinski definition) is 3. The Kier molecular flexibility index (Phi) is 3.38. The van der Waals surface area contributed by atoms with Gasteiger partial charge in [0.05, 0.1) is 11.6 Å². The molecule has 1 aromatic heterocycles. The van der Waals surface area contributed by atoms with E-state index >= 15 is 0 Å². The first-order valence-electron chi connectivity index (χ1n) is 7.02. The molecule has 0 amide bonds. The zero-order chi connectivity index (χ0) is 13.2. The van der Waals surface area contributed by atoms with Crippen LogP contribution in [0.5, 0.6) is 0 Å². The number of anilines is 1. The lowest BCUT2D eigenvalue weighted by atomic mass is 9.93. The first-order valence-corrected chi connectivity index (χ1v) is 7.02. The summed E-state index contributed by atoms with van der Waals surface area (Å²) in [5.41, 5.74) is 3.45. The van der Waals surface area contributed by atoms with Gasteiger partial charge in [0.15, 0.2) is 0 Å². The lowest BCUT2D eigenvalue weighted by Crippen LogP contribution is -2.28. The zero-order valence-corrected chi connectivity index (χ0v) is 11.3. The maximum atomic E-state index is 9.56. The Morgan fingerprint density at radius 3 is 2.74 bits per heavy atom. The van der Waals surface area contributed by atoms with Crippen LogP contribution in [0, 0.1) is 6.92 Å². The van der Waals surface area contributed by atoms with Crippen molar-refractivity contribution < 1.29 is 5.11 Å².